The van der Waals surface area contributed by atoms with E-state index in [0.29, 0.717) is 25.1 Å². The average Bonchev–Trinajstić information content (AvgIpc) is 3.24. The Morgan fingerprint density at radius 3 is 2.43 bits per heavy atom. The van der Waals surface area contributed by atoms with Crippen molar-refractivity contribution in [2.45, 2.75) is 58.0 Å². The Bertz CT molecular complexity index is 1230. The van der Waals surface area contributed by atoms with Crippen LogP contribution in [0.3, 0.4) is 0 Å². The largest absolute Gasteiger partial charge is 0.494 e. The number of carbonyl (C=O) groups excluding carboxylic acids is 1. The zero-order valence-electron chi connectivity index (χ0n) is 20.5. The SMILES string of the molecule is CCCCCCCOc1ccc(C(=O)N(Cc2cccc3ccccc23)[C@H]2CCS(=O)(=O)C2)cc1. The van der Waals surface area contributed by atoms with Crippen LogP contribution in [0.2, 0.25) is 0 Å². The highest BCUT2D eigenvalue weighted by Crippen LogP contribution is 2.26. The van der Waals surface area contributed by atoms with Crippen molar-refractivity contribution in [2.24, 2.45) is 0 Å². The number of amides is 1. The number of unbranched alkanes of at least 4 members (excludes halogenated alkanes) is 4. The summed E-state index contributed by atoms with van der Waals surface area (Å²) >= 11 is 0. The van der Waals surface area contributed by atoms with Crippen molar-refractivity contribution in [3.8, 4) is 5.75 Å². The molecule has 1 saturated heterocycles. The third-order valence-electron chi connectivity index (χ3n) is 6.75. The van der Waals surface area contributed by atoms with Crippen molar-refractivity contribution in [1.29, 1.82) is 0 Å². The monoisotopic (exact) mass is 493 g/mol. The van der Waals surface area contributed by atoms with Crippen LogP contribution in [0.1, 0.15) is 61.4 Å². The van der Waals surface area contributed by atoms with Crippen LogP contribution in [0.15, 0.2) is 66.7 Å². The van der Waals surface area contributed by atoms with Gasteiger partial charge in [-0.3, -0.25) is 4.79 Å². The summed E-state index contributed by atoms with van der Waals surface area (Å²) in [5, 5.41) is 2.18. The van der Waals surface area contributed by atoms with Gasteiger partial charge >= 0.3 is 0 Å². The molecule has 0 radical (unpaired) electrons. The second-order valence-corrected chi connectivity index (χ2v) is 11.6. The normalized spacial score (nSPS) is 16.9. The zero-order valence-corrected chi connectivity index (χ0v) is 21.3. The highest BCUT2D eigenvalue weighted by atomic mass is 32.2. The molecular weight excluding hydrogens is 458 g/mol. The van der Waals surface area contributed by atoms with E-state index in [1.807, 2.05) is 54.6 Å². The van der Waals surface area contributed by atoms with Gasteiger partial charge in [-0.15, -0.1) is 0 Å². The molecule has 186 valence electrons. The second-order valence-electron chi connectivity index (χ2n) is 9.42. The van der Waals surface area contributed by atoms with Gasteiger partial charge in [-0.2, -0.15) is 0 Å². The molecule has 0 N–H and O–H groups in total. The van der Waals surface area contributed by atoms with Crippen LogP contribution in [-0.4, -0.2) is 43.4 Å². The molecule has 3 aromatic carbocycles. The number of benzene rings is 3. The number of hydrogen-bond acceptors (Lipinski definition) is 4. The molecule has 0 bridgehead atoms. The van der Waals surface area contributed by atoms with Crippen molar-refractivity contribution in [3.05, 3.63) is 77.9 Å². The van der Waals surface area contributed by atoms with E-state index in [1.54, 1.807) is 17.0 Å². The standard InChI is InChI=1S/C29H35NO4S/c1-2-3-4-5-8-19-34-27-16-14-24(15-17-27)29(31)30(26-18-20-35(32,33)22-26)21-25-12-9-11-23-10-6-7-13-28(23)25/h6-7,9-17,26H,2-5,8,18-22H2,1H3/t26-/m0/s1. The van der Waals surface area contributed by atoms with E-state index in [1.165, 1.54) is 19.3 Å². The molecule has 0 aromatic heterocycles. The summed E-state index contributed by atoms with van der Waals surface area (Å²) in [6.07, 6.45) is 6.37. The van der Waals surface area contributed by atoms with Crippen molar-refractivity contribution in [3.63, 3.8) is 0 Å². The lowest BCUT2D eigenvalue weighted by Crippen LogP contribution is -2.40. The van der Waals surface area contributed by atoms with Gasteiger partial charge in [-0.05, 0) is 53.4 Å². The first kappa shape index (κ1) is 25.2. The summed E-state index contributed by atoms with van der Waals surface area (Å²) in [7, 11) is -3.13. The Morgan fingerprint density at radius 1 is 0.943 bits per heavy atom. The first-order valence-corrected chi connectivity index (χ1v) is 14.5. The molecule has 5 nitrogen and oxygen atoms in total. The van der Waals surface area contributed by atoms with E-state index < -0.39 is 9.84 Å². The fourth-order valence-electron chi connectivity index (χ4n) is 4.76. The van der Waals surface area contributed by atoms with Crippen LogP contribution < -0.4 is 4.74 Å². The van der Waals surface area contributed by atoms with E-state index in [-0.39, 0.29) is 23.5 Å². The summed E-state index contributed by atoms with van der Waals surface area (Å²) < 4.78 is 30.3. The summed E-state index contributed by atoms with van der Waals surface area (Å²) in [6.45, 7) is 3.24. The molecular formula is C29H35NO4S. The Kier molecular flexibility index (Phi) is 8.45. The van der Waals surface area contributed by atoms with Gasteiger partial charge in [-0.25, -0.2) is 8.42 Å². The van der Waals surface area contributed by atoms with E-state index >= 15 is 0 Å². The molecule has 35 heavy (non-hydrogen) atoms. The maximum atomic E-state index is 13.6. The molecule has 0 saturated carbocycles. The molecule has 4 rings (SSSR count). The third-order valence-corrected chi connectivity index (χ3v) is 8.50. The minimum Gasteiger partial charge on any atom is -0.494 e. The minimum atomic E-state index is -3.13. The topological polar surface area (TPSA) is 63.7 Å². The van der Waals surface area contributed by atoms with Gasteiger partial charge < -0.3 is 9.64 Å². The van der Waals surface area contributed by atoms with Crippen molar-refractivity contribution < 1.29 is 17.9 Å². The molecule has 0 unspecified atom stereocenters. The zero-order chi connectivity index (χ0) is 24.7. The molecule has 1 aliphatic heterocycles. The molecule has 6 heteroatoms. The highest BCUT2D eigenvalue weighted by molar-refractivity contribution is 7.91. The number of rotatable bonds is 11. The van der Waals surface area contributed by atoms with Crippen LogP contribution in [0.5, 0.6) is 5.75 Å². The van der Waals surface area contributed by atoms with Crippen LogP contribution in [0, 0.1) is 0 Å². The Morgan fingerprint density at radius 2 is 1.69 bits per heavy atom. The lowest BCUT2D eigenvalue weighted by Gasteiger charge is -2.29. The second kappa shape index (κ2) is 11.7. The number of sulfone groups is 1. The van der Waals surface area contributed by atoms with Gasteiger partial charge in [0.2, 0.25) is 0 Å². The molecule has 1 heterocycles. The molecule has 1 atom stereocenters. The molecule has 0 aliphatic carbocycles. The van der Waals surface area contributed by atoms with E-state index in [9.17, 15) is 13.2 Å². The van der Waals surface area contributed by atoms with Crippen LogP contribution >= 0.6 is 0 Å². The van der Waals surface area contributed by atoms with Crippen molar-refractivity contribution >= 4 is 26.5 Å². The number of ether oxygens (including phenoxy) is 1. The summed E-state index contributed by atoms with van der Waals surface area (Å²) in [5.41, 5.74) is 1.56. The van der Waals surface area contributed by atoms with Gasteiger partial charge in [0.05, 0.1) is 18.1 Å². The van der Waals surface area contributed by atoms with Gasteiger partial charge in [0.1, 0.15) is 5.75 Å². The quantitative estimate of drug-likeness (QED) is 0.307. The molecule has 1 fully saturated rings. The first-order valence-electron chi connectivity index (χ1n) is 12.7. The predicted molar refractivity (Wildman–Crippen MR) is 142 cm³/mol. The van der Waals surface area contributed by atoms with Crippen LogP contribution in [0.25, 0.3) is 10.8 Å². The van der Waals surface area contributed by atoms with Gasteiger partial charge in [-0.1, -0.05) is 75.1 Å². The lowest BCUT2D eigenvalue weighted by atomic mass is 10.0. The number of fused-ring (bicyclic) bond motifs is 1. The number of nitrogens with zero attached hydrogens (tertiary/aromatic N) is 1. The average molecular weight is 494 g/mol. The van der Waals surface area contributed by atoms with Gasteiger partial charge in [0, 0.05) is 18.2 Å². The van der Waals surface area contributed by atoms with E-state index in [4.69, 9.17) is 4.74 Å². The van der Waals surface area contributed by atoms with Gasteiger partial charge in [0.25, 0.3) is 5.91 Å². The highest BCUT2D eigenvalue weighted by Gasteiger charge is 2.35. The van der Waals surface area contributed by atoms with Crippen LogP contribution in [-0.2, 0) is 16.4 Å². The molecule has 1 amide bonds. The summed E-state index contributed by atoms with van der Waals surface area (Å²) in [6, 6.07) is 21.0. The lowest BCUT2D eigenvalue weighted by molar-refractivity contribution is 0.0682. The Labute approximate surface area is 209 Å². The maximum absolute atomic E-state index is 13.6. The molecule has 1 aliphatic rings. The van der Waals surface area contributed by atoms with Crippen molar-refractivity contribution in [1.82, 2.24) is 4.90 Å². The smallest absolute Gasteiger partial charge is 0.254 e. The summed E-state index contributed by atoms with van der Waals surface area (Å²) in [5.74, 6) is 0.748. The minimum absolute atomic E-state index is 0.0166. The molecule has 0 spiro atoms. The predicted octanol–water partition coefficient (Wildman–Crippen LogP) is 6.02. The number of hydrogen-bond donors (Lipinski definition) is 0. The first-order chi connectivity index (χ1) is 17.0. The van der Waals surface area contributed by atoms with Crippen molar-refractivity contribution in [2.75, 3.05) is 18.1 Å². The van der Waals surface area contributed by atoms with Crippen LogP contribution in [0.4, 0.5) is 0 Å². The fourth-order valence-corrected chi connectivity index (χ4v) is 6.49. The van der Waals surface area contributed by atoms with E-state index in [2.05, 4.69) is 6.92 Å². The van der Waals surface area contributed by atoms with Gasteiger partial charge in [0.15, 0.2) is 9.84 Å². The number of carbonyl (C=O) groups is 1. The van der Waals surface area contributed by atoms with E-state index in [0.717, 1.165) is 34.9 Å². The summed E-state index contributed by atoms with van der Waals surface area (Å²) in [4.78, 5) is 15.4. The Balaban J connectivity index is 1.50. The maximum Gasteiger partial charge on any atom is 0.254 e. The Hall–Kier alpha value is -2.86. The molecule has 3 aromatic rings. The third kappa shape index (κ3) is 6.63. The fraction of sp³-hybridized carbons (Fsp3) is 0.414.